The third kappa shape index (κ3) is 5.06. The Hall–Kier alpha value is -3.41. The highest BCUT2D eigenvalue weighted by Crippen LogP contribution is 2.49. The highest BCUT2D eigenvalue weighted by Gasteiger charge is 2.53. The quantitative estimate of drug-likeness (QED) is 0.623. The smallest absolute Gasteiger partial charge is 0.317 e. The van der Waals surface area contributed by atoms with Crippen LogP contribution in [0.5, 0.6) is 0 Å². The second-order valence-corrected chi connectivity index (χ2v) is 9.19. The van der Waals surface area contributed by atoms with E-state index in [2.05, 4.69) is 5.32 Å². The number of hydrogen-bond acceptors (Lipinski definition) is 4. The van der Waals surface area contributed by atoms with E-state index in [1.807, 2.05) is 66.7 Å². The fraction of sp³-hybridized carbons (Fsp3) is 0.393. The fourth-order valence-corrected chi connectivity index (χ4v) is 5.22. The van der Waals surface area contributed by atoms with Crippen molar-refractivity contribution in [3.05, 3.63) is 83.6 Å². The van der Waals surface area contributed by atoms with Crippen molar-refractivity contribution < 1.29 is 19.1 Å². The van der Waals surface area contributed by atoms with Crippen LogP contribution in [0.2, 0.25) is 0 Å². The van der Waals surface area contributed by atoms with Crippen LogP contribution in [0.15, 0.2) is 72.4 Å². The average Bonchev–Trinajstić information content (AvgIpc) is 3.09. The number of ether oxygens (including phenoxy) is 1. The first-order chi connectivity index (χ1) is 16.5. The van der Waals surface area contributed by atoms with Gasteiger partial charge in [0.25, 0.3) is 0 Å². The Morgan fingerprint density at radius 1 is 1.03 bits per heavy atom. The molecule has 2 aliphatic rings. The fourth-order valence-electron chi connectivity index (χ4n) is 5.22. The molecule has 0 spiro atoms. The van der Waals surface area contributed by atoms with Gasteiger partial charge in [0.1, 0.15) is 5.41 Å². The SMILES string of the molecule is COC(=O)[C@]12CCCCC=C1N(Cc1ccccc1)C(=O)[C@H](CC(=O)NCc1ccccc1)C2. The molecule has 4 rings (SSSR count). The minimum absolute atomic E-state index is 0.0446. The van der Waals surface area contributed by atoms with E-state index in [1.54, 1.807) is 4.90 Å². The average molecular weight is 461 g/mol. The van der Waals surface area contributed by atoms with Crippen LogP contribution in [0.25, 0.3) is 0 Å². The molecule has 2 aromatic carbocycles. The molecule has 1 fully saturated rings. The lowest BCUT2D eigenvalue weighted by molar-refractivity contribution is -0.160. The molecule has 6 nitrogen and oxygen atoms in total. The number of benzene rings is 2. The van der Waals surface area contributed by atoms with Crippen molar-refractivity contribution in [1.29, 1.82) is 0 Å². The lowest BCUT2D eigenvalue weighted by atomic mass is 9.69. The number of piperidine rings is 1. The van der Waals surface area contributed by atoms with Gasteiger partial charge in [-0.25, -0.2) is 0 Å². The number of carbonyl (C=O) groups is 3. The Kier molecular flexibility index (Phi) is 7.46. The zero-order valence-electron chi connectivity index (χ0n) is 19.7. The van der Waals surface area contributed by atoms with Crippen molar-refractivity contribution in [2.75, 3.05) is 7.11 Å². The summed E-state index contributed by atoms with van der Waals surface area (Å²) in [6.45, 7) is 0.772. The molecule has 1 saturated heterocycles. The van der Waals surface area contributed by atoms with Gasteiger partial charge >= 0.3 is 5.97 Å². The summed E-state index contributed by atoms with van der Waals surface area (Å²) in [5.41, 5.74) is 1.82. The molecule has 2 amide bonds. The number of esters is 1. The summed E-state index contributed by atoms with van der Waals surface area (Å²) in [4.78, 5) is 41.5. The summed E-state index contributed by atoms with van der Waals surface area (Å²) in [7, 11) is 1.40. The van der Waals surface area contributed by atoms with Gasteiger partial charge in [-0.3, -0.25) is 14.4 Å². The van der Waals surface area contributed by atoms with Crippen LogP contribution in [-0.2, 0) is 32.2 Å². The van der Waals surface area contributed by atoms with Gasteiger partial charge in [-0.05, 0) is 36.8 Å². The maximum absolute atomic E-state index is 13.7. The van der Waals surface area contributed by atoms with Gasteiger partial charge in [0.2, 0.25) is 11.8 Å². The van der Waals surface area contributed by atoms with Gasteiger partial charge in [0.15, 0.2) is 0 Å². The molecule has 0 bridgehead atoms. The number of nitrogens with zero attached hydrogens (tertiary/aromatic N) is 1. The van der Waals surface area contributed by atoms with Crippen LogP contribution >= 0.6 is 0 Å². The van der Waals surface area contributed by atoms with Crippen LogP contribution in [0.1, 0.15) is 49.7 Å². The van der Waals surface area contributed by atoms with Crippen LogP contribution < -0.4 is 5.32 Å². The van der Waals surface area contributed by atoms with Crippen molar-refractivity contribution in [2.45, 2.75) is 51.6 Å². The molecule has 2 atom stereocenters. The monoisotopic (exact) mass is 460 g/mol. The summed E-state index contributed by atoms with van der Waals surface area (Å²) in [5, 5.41) is 2.93. The van der Waals surface area contributed by atoms with Crippen LogP contribution in [0, 0.1) is 11.3 Å². The zero-order valence-corrected chi connectivity index (χ0v) is 19.7. The Morgan fingerprint density at radius 3 is 2.38 bits per heavy atom. The number of methoxy groups -OCH3 is 1. The predicted molar refractivity (Wildman–Crippen MR) is 129 cm³/mol. The molecule has 34 heavy (non-hydrogen) atoms. The molecule has 1 heterocycles. The molecular weight excluding hydrogens is 428 g/mol. The molecule has 2 aromatic rings. The number of fused-ring (bicyclic) bond motifs is 1. The van der Waals surface area contributed by atoms with E-state index < -0.39 is 11.3 Å². The van der Waals surface area contributed by atoms with Crippen LogP contribution in [0.3, 0.4) is 0 Å². The molecule has 0 radical (unpaired) electrons. The number of hydrogen-bond donors (Lipinski definition) is 1. The van der Waals surface area contributed by atoms with Crippen molar-refractivity contribution in [3.63, 3.8) is 0 Å². The van der Waals surface area contributed by atoms with E-state index in [1.165, 1.54) is 7.11 Å². The van der Waals surface area contributed by atoms with Gasteiger partial charge < -0.3 is 15.0 Å². The van der Waals surface area contributed by atoms with Gasteiger partial charge in [0, 0.05) is 24.6 Å². The Labute approximate surface area is 201 Å². The van der Waals surface area contributed by atoms with Crippen LogP contribution in [-0.4, -0.2) is 29.8 Å². The Balaban J connectivity index is 1.61. The molecule has 6 heteroatoms. The summed E-state index contributed by atoms with van der Waals surface area (Å²) in [5.74, 6) is -1.20. The van der Waals surface area contributed by atoms with Crippen LogP contribution in [0.4, 0.5) is 0 Å². The molecule has 1 N–H and O–H groups in total. The molecule has 1 aliphatic heterocycles. The number of rotatable bonds is 7. The van der Waals surface area contributed by atoms with E-state index in [0.29, 0.717) is 25.9 Å². The first-order valence-corrected chi connectivity index (χ1v) is 12.0. The standard InChI is InChI=1S/C28H32N2O4/c1-34-27(33)28-16-10-4-9-15-24(28)30(20-22-13-7-3-8-14-22)26(32)23(18-28)17-25(31)29-19-21-11-5-2-6-12-21/h2-3,5-8,11-15,23H,4,9-10,16-20H2,1H3,(H,29,31)/t23-,28+/m1/s1. The van der Waals surface area contributed by atoms with E-state index in [-0.39, 0.29) is 24.2 Å². The molecule has 0 saturated carbocycles. The zero-order chi connectivity index (χ0) is 24.0. The Morgan fingerprint density at radius 2 is 1.71 bits per heavy atom. The van der Waals surface area contributed by atoms with Crippen molar-refractivity contribution >= 4 is 17.8 Å². The number of nitrogens with one attached hydrogen (secondary N) is 1. The third-order valence-corrected chi connectivity index (χ3v) is 6.91. The van der Waals surface area contributed by atoms with Gasteiger partial charge in [0.05, 0.1) is 13.7 Å². The molecule has 178 valence electrons. The van der Waals surface area contributed by atoms with Crippen molar-refractivity contribution in [1.82, 2.24) is 10.2 Å². The summed E-state index contributed by atoms with van der Waals surface area (Å²) in [6, 6.07) is 19.4. The minimum Gasteiger partial charge on any atom is -0.468 e. The number of carbonyl (C=O) groups excluding carboxylic acids is 3. The molecule has 1 aliphatic carbocycles. The third-order valence-electron chi connectivity index (χ3n) is 6.91. The Bertz CT molecular complexity index is 1050. The van der Waals surface area contributed by atoms with E-state index in [4.69, 9.17) is 4.74 Å². The van der Waals surface area contributed by atoms with Crippen molar-refractivity contribution in [2.24, 2.45) is 11.3 Å². The predicted octanol–water partition coefficient (Wildman–Crippen LogP) is 4.36. The summed E-state index contributed by atoms with van der Waals surface area (Å²) >= 11 is 0. The topological polar surface area (TPSA) is 75.7 Å². The number of amides is 2. The largest absolute Gasteiger partial charge is 0.468 e. The first-order valence-electron chi connectivity index (χ1n) is 12.0. The highest BCUT2D eigenvalue weighted by molar-refractivity contribution is 5.92. The lowest BCUT2D eigenvalue weighted by Gasteiger charge is -2.46. The van der Waals surface area contributed by atoms with Gasteiger partial charge in [-0.15, -0.1) is 0 Å². The van der Waals surface area contributed by atoms with Gasteiger partial charge in [-0.2, -0.15) is 0 Å². The van der Waals surface area contributed by atoms with Crippen molar-refractivity contribution in [3.8, 4) is 0 Å². The second-order valence-electron chi connectivity index (χ2n) is 9.19. The normalized spacial score (nSPS) is 22.3. The maximum atomic E-state index is 13.7. The van der Waals surface area contributed by atoms with E-state index in [9.17, 15) is 14.4 Å². The number of allylic oxidation sites excluding steroid dienone is 1. The molecule has 0 aromatic heterocycles. The first kappa shape index (κ1) is 23.7. The van der Waals surface area contributed by atoms with E-state index in [0.717, 1.165) is 36.1 Å². The lowest BCUT2D eigenvalue weighted by Crippen LogP contribution is -2.53. The highest BCUT2D eigenvalue weighted by atomic mass is 16.5. The van der Waals surface area contributed by atoms with Gasteiger partial charge in [-0.1, -0.05) is 73.2 Å². The number of likely N-dealkylation sites (tertiary alicyclic amines) is 1. The maximum Gasteiger partial charge on any atom is 0.317 e. The van der Waals surface area contributed by atoms with E-state index >= 15 is 0 Å². The second kappa shape index (κ2) is 10.7. The molecular formula is C28H32N2O4. The minimum atomic E-state index is -0.904. The molecule has 0 unspecified atom stereocenters. The summed E-state index contributed by atoms with van der Waals surface area (Å²) in [6.07, 6.45) is 5.64. The summed E-state index contributed by atoms with van der Waals surface area (Å²) < 4.78 is 5.28.